The molecule has 0 radical (unpaired) electrons. The van der Waals surface area contributed by atoms with Crippen LogP contribution >= 0.6 is 0 Å². The molecule has 1 aromatic heterocycles. The van der Waals surface area contributed by atoms with Crippen LogP contribution in [0.5, 0.6) is 5.75 Å². The van der Waals surface area contributed by atoms with Gasteiger partial charge in [-0.25, -0.2) is 14.2 Å². The summed E-state index contributed by atoms with van der Waals surface area (Å²) in [6.07, 6.45) is 1.07. The first-order valence-corrected chi connectivity index (χ1v) is 9.57. The van der Waals surface area contributed by atoms with E-state index in [1.54, 1.807) is 24.3 Å². The van der Waals surface area contributed by atoms with Crippen LogP contribution in [0.1, 0.15) is 10.4 Å². The van der Waals surface area contributed by atoms with E-state index in [4.69, 9.17) is 9.47 Å². The Kier molecular flexibility index (Phi) is 7.34. The molecule has 2 aromatic carbocycles. The largest absolute Gasteiger partial charge is 0.492 e. The standard InChI is InChI=1S/C22H24FN5O3/c1-28(2)10-11-31-18-9-5-8-17(13-18)26-22-24-14-19(23)20(27-22)25-16-7-4-6-15(12-16)21(29)30-3/h4-9,12-14H,10-11H2,1-3H3,(H2,24,25,26,27). The van der Waals surface area contributed by atoms with Crippen LogP contribution in [0.3, 0.4) is 0 Å². The third kappa shape index (κ3) is 6.38. The number of nitrogens with one attached hydrogen (secondary N) is 2. The number of carbonyl (C=O) groups is 1. The number of ether oxygens (including phenoxy) is 2. The first-order valence-electron chi connectivity index (χ1n) is 9.57. The van der Waals surface area contributed by atoms with Crippen molar-refractivity contribution in [3.8, 4) is 5.75 Å². The average Bonchev–Trinajstić information content (AvgIpc) is 2.76. The summed E-state index contributed by atoms with van der Waals surface area (Å²) in [5, 5.41) is 5.91. The van der Waals surface area contributed by atoms with E-state index in [0.29, 0.717) is 29.3 Å². The quantitative estimate of drug-likeness (QED) is 0.500. The highest BCUT2D eigenvalue weighted by atomic mass is 19.1. The molecule has 0 bridgehead atoms. The smallest absolute Gasteiger partial charge is 0.337 e. The molecule has 0 amide bonds. The lowest BCUT2D eigenvalue weighted by Gasteiger charge is -2.13. The molecule has 0 spiro atoms. The second-order valence-electron chi connectivity index (χ2n) is 6.89. The predicted molar refractivity (Wildman–Crippen MR) is 117 cm³/mol. The third-order valence-electron chi connectivity index (χ3n) is 4.19. The van der Waals surface area contributed by atoms with Crippen LogP contribution in [0.15, 0.2) is 54.7 Å². The van der Waals surface area contributed by atoms with Crippen LogP contribution in [0.4, 0.5) is 27.5 Å². The van der Waals surface area contributed by atoms with E-state index in [0.717, 1.165) is 12.7 Å². The van der Waals surface area contributed by atoms with Gasteiger partial charge in [-0.2, -0.15) is 4.98 Å². The number of esters is 1. The number of methoxy groups -OCH3 is 1. The molecule has 2 N–H and O–H groups in total. The fourth-order valence-corrected chi connectivity index (χ4v) is 2.63. The highest BCUT2D eigenvalue weighted by Crippen LogP contribution is 2.23. The third-order valence-corrected chi connectivity index (χ3v) is 4.19. The average molecular weight is 425 g/mol. The first kappa shape index (κ1) is 22.0. The van der Waals surface area contributed by atoms with Crippen molar-refractivity contribution in [2.45, 2.75) is 0 Å². The maximum Gasteiger partial charge on any atom is 0.337 e. The number of aromatic nitrogens is 2. The van der Waals surface area contributed by atoms with Crippen molar-refractivity contribution >= 4 is 29.1 Å². The van der Waals surface area contributed by atoms with Gasteiger partial charge in [-0.15, -0.1) is 0 Å². The Morgan fingerprint density at radius 2 is 1.84 bits per heavy atom. The topological polar surface area (TPSA) is 88.6 Å². The van der Waals surface area contributed by atoms with E-state index in [1.165, 1.54) is 7.11 Å². The Hall–Kier alpha value is -3.72. The number of halogens is 1. The van der Waals surface area contributed by atoms with Crippen molar-refractivity contribution in [3.05, 3.63) is 66.1 Å². The van der Waals surface area contributed by atoms with Gasteiger partial charge in [0.15, 0.2) is 11.6 Å². The van der Waals surface area contributed by atoms with E-state index in [1.807, 2.05) is 43.3 Å². The van der Waals surface area contributed by atoms with Gasteiger partial charge in [0.25, 0.3) is 0 Å². The summed E-state index contributed by atoms with van der Waals surface area (Å²) in [6, 6.07) is 13.9. The molecule has 3 rings (SSSR count). The lowest BCUT2D eigenvalue weighted by Crippen LogP contribution is -2.19. The van der Waals surface area contributed by atoms with Crippen molar-refractivity contribution in [1.82, 2.24) is 14.9 Å². The summed E-state index contributed by atoms with van der Waals surface area (Å²) in [4.78, 5) is 21.9. The van der Waals surface area contributed by atoms with Crippen LogP contribution in [0, 0.1) is 5.82 Å². The fraction of sp³-hybridized carbons (Fsp3) is 0.227. The molecular formula is C22H24FN5O3. The highest BCUT2D eigenvalue weighted by molar-refractivity contribution is 5.90. The molecule has 0 saturated carbocycles. The summed E-state index contributed by atoms with van der Waals surface area (Å²) < 4.78 is 24.7. The first-order chi connectivity index (χ1) is 14.9. The van der Waals surface area contributed by atoms with Gasteiger partial charge in [-0.1, -0.05) is 12.1 Å². The molecule has 0 saturated heterocycles. The number of carbonyl (C=O) groups excluding carboxylic acids is 1. The van der Waals surface area contributed by atoms with Gasteiger partial charge in [0.05, 0.1) is 18.9 Å². The molecular weight excluding hydrogens is 401 g/mol. The fourth-order valence-electron chi connectivity index (χ4n) is 2.63. The van der Waals surface area contributed by atoms with E-state index in [-0.39, 0.29) is 11.8 Å². The Balaban J connectivity index is 1.72. The zero-order valence-corrected chi connectivity index (χ0v) is 17.6. The molecule has 0 unspecified atom stereocenters. The van der Waals surface area contributed by atoms with Crippen LogP contribution in [-0.4, -0.2) is 55.2 Å². The molecule has 3 aromatic rings. The number of nitrogens with zero attached hydrogens (tertiary/aromatic N) is 3. The highest BCUT2D eigenvalue weighted by Gasteiger charge is 2.10. The number of hydrogen-bond donors (Lipinski definition) is 2. The number of benzene rings is 2. The molecule has 1 heterocycles. The second-order valence-corrected chi connectivity index (χ2v) is 6.89. The Bertz CT molecular complexity index is 1050. The zero-order valence-electron chi connectivity index (χ0n) is 17.6. The predicted octanol–water partition coefficient (Wildman–Crippen LogP) is 3.83. The summed E-state index contributed by atoms with van der Waals surface area (Å²) in [5.41, 5.74) is 1.53. The van der Waals surface area contributed by atoms with Gasteiger partial charge in [0.2, 0.25) is 5.95 Å². The molecule has 0 aliphatic carbocycles. The second kappa shape index (κ2) is 10.4. The van der Waals surface area contributed by atoms with Crippen LogP contribution in [0.2, 0.25) is 0 Å². The lowest BCUT2D eigenvalue weighted by atomic mass is 10.2. The molecule has 0 fully saturated rings. The number of rotatable bonds is 9. The number of likely N-dealkylation sites (N-methyl/N-ethyl adjacent to an activating group) is 1. The molecule has 8 nitrogen and oxygen atoms in total. The van der Waals surface area contributed by atoms with Gasteiger partial charge >= 0.3 is 5.97 Å². The lowest BCUT2D eigenvalue weighted by molar-refractivity contribution is 0.0601. The number of anilines is 4. The monoisotopic (exact) mass is 425 g/mol. The van der Waals surface area contributed by atoms with Crippen LogP contribution in [-0.2, 0) is 4.74 Å². The minimum Gasteiger partial charge on any atom is -0.492 e. The minimum absolute atomic E-state index is 0.0297. The molecule has 0 aliphatic rings. The zero-order chi connectivity index (χ0) is 22.2. The van der Waals surface area contributed by atoms with E-state index < -0.39 is 11.8 Å². The Morgan fingerprint density at radius 3 is 2.58 bits per heavy atom. The van der Waals surface area contributed by atoms with E-state index in [9.17, 15) is 9.18 Å². The molecule has 162 valence electrons. The Morgan fingerprint density at radius 1 is 1.10 bits per heavy atom. The van der Waals surface area contributed by atoms with E-state index >= 15 is 0 Å². The van der Waals surface area contributed by atoms with Crippen molar-refractivity contribution in [2.75, 3.05) is 45.0 Å². The molecule has 9 heteroatoms. The summed E-state index contributed by atoms with van der Waals surface area (Å²) in [5.74, 6) is -0.236. The van der Waals surface area contributed by atoms with E-state index in [2.05, 4.69) is 20.6 Å². The minimum atomic E-state index is -0.630. The van der Waals surface area contributed by atoms with Gasteiger partial charge in [-0.3, -0.25) is 0 Å². The maximum atomic E-state index is 14.3. The van der Waals surface area contributed by atoms with Crippen molar-refractivity contribution in [3.63, 3.8) is 0 Å². The van der Waals surface area contributed by atoms with Gasteiger partial charge < -0.3 is 25.0 Å². The molecule has 0 aliphatic heterocycles. The van der Waals surface area contributed by atoms with Crippen LogP contribution in [0.25, 0.3) is 0 Å². The normalized spacial score (nSPS) is 10.6. The molecule has 31 heavy (non-hydrogen) atoms. The summed E-state index contributed by atoms with van der Waals surface area (Å²) in [6.45, 7) is 1.35. The van der Waals surface area contributed by atoms with Crippen molar-refractivity contribution in [1.29, 1.82) is 0 Å². The Labute approximate surface area is 180 Å². The van der Waals surface area contributed by atoms with Gasteiger partial charge in [-0.05, 0) is 44.4 Å². The summed E-state index contributed by atoms with van der Waals surface area (Å²) in [7, 11) is 5.25. The maximum absolute atomic E-state index is 14.3. The summed E-state index contributed by atoms with van der Waals surface area (Å²) >= 11 is 0. The number of hydrogen-bond acceptors (Lipinski definition) is 8. The molecule has 0 atom stereocenters. The SMILES string of the molecule is COC(=O)c1cccc(Nc2nc(Nc3cccc(OCCN(C)C)c3)ncc2F)c1. The van der Waals surface area contributed by atoms with Gasteiger partial charge in [0.1, 0.15) is 12.4 Å². The van der Waals surface area contributed by atoms with Crippen LogP contribution < -0.4 is 15.4 Å². The van der Waals surface area contributed by atoms with Crippen molar-refractivity contribution < 1.29 is 18.7 Å². The van der Waals surface area contributed by atoms with Gasteiger partial charge in [0, 0.05) is 24.0 Å². The van der Waals surface area contributed by atoms with Crippen molar-refractivity contribution in [2.24, 2.45) is 0 Å².